The summed E-state index contributed by atoms with van der Waals surface area (Å²) in [7, 11) is 1.71. The second-order valence-corrected chi connectivity index (χ2v) is 10.7. The number of nitrogens with one attached hydrogen (secondary N) is 1. The average Bonchev–Trinajstić information content (AvgIpc) is 2.80. The van der Waals surface area contributed by atoms with Crippen molar-refractivity contribution in [2.45, 2.75) is 98.3 Å². The second kappa shape index (κ2) is 19.9. The van der Waals surface area contributed by atoms with E-state index in [1.807, 2.05) is 39.8 Å². The van der Waals surface area contributed by atoms with E-state index in [9.17, 15) is 14.7 Å². The van der Waals surface area contributed by atoms with Crippen LogP contribution < -0.4 is 5.32 Å². The largest absolute Gasteiger partial charge is 0.460 e. The second-order valence-electron chi connectivity index (χ2n) is 10.7. The summed E-state index contributed by atoms with van der Waals surface area (Å²) >= 11 is 0. The number of esters is 1. The molecule has 37 heavy (non-hydrogen) atoms. The molecule has 0 aliphatic carbocycles. The minimum atomic E-state index is -0.759. The van der Waals surface area contributed by atoms with E-state index in [4.69, 9.17) is 14.6 Å². The van der Waals surface area contributed by atoms with Crippen LogP contribution in [0.3, 0.4) is 0 Å². The van der Waals surface area contributed by atoms with Crippen molar-refractivity contribution in [3.8, 4) is 0 Å². The van der Waals surface area contributed by atoms with Crippen LogP contribution in [0.15, 0.2) is 35.6 Å². The molecular weight excluding hydrogens is 472 g/mol. The van der Waals surface area contributed by atoms with E-state index in [-0.39, 0.29) is 24.9 Å². The summed E-state index contributed by atoms with van der Waals surface area (Å²) in [6.07, 6.45) is 10.8. The van der Waals surface area contributed by atoms with Gasteiger partial charge in [-0.1, -0.05) is 26.0 Å². The van der Waals surface area contributed by atoms with Crippen LogP contribution in [0.1, 0.15) is 86.5 Å². The fourth-order valence-corrected chi connectivity index (χ4v) is 3.43. The van der Waals surface area contributed by atoms with Crippen LogP contribution in [0.25, 0.3) is 0 Å². The summed E-state index contributed by atoms with van der Waals surface area (Å²) in [6, 6.07) is 0. The van der Waals surface area contributed by atoms with Crippen LogP contribution in [0.2, 0.25) is 0 Å². The predicted octanol–water partition coefficient (Wildman–Crippen LogP) is 4.48. The number of carbonyl (C=O) groups is 2. The van der Waals surface area contributed by atoms with Gasteiger partial charge >= 0.3 is 5.97 Å². The van der Waals surface area contributed by atoms with Crippen molar-refractivity contribution >= 4 is 11.9 Å². The summed E-state index contributed by atoms with van der Waals surface area (Å²) in [5.74, 6) is 0.230. The van der Waals surface area contributed by atoms with Gasteiger partial charge < -0.3 is 29.9 Å². The van der Waals surface area contributed by atoms with E-state index in [1.165, 1.54) is 12.2 Å². The van der Waals surface area contributed by atoms with E-state index < -0.39 is 11.8 Å². The number of allylic oxidation sites excluding steroid dienone is 3. The van der Waals surface area contributed by atoms with E-state index >= 15 is 0 Å². The number of ether oxygens (including phenoxy) is 2. The molecule has 0 radical (unpaired) electrons. The number of nitrogens with zero attached hydrogens (tertiary/aromatic N) is 1. The molecule has 0 aromatic rings. The highest BCUT2D eigenvalue weighted by Crippen LogP contribution is 2.15. The Morgan fingerprint density at radius 1 is 1.08 bits per heavy atom. The van der Waals surface area contributed by atoms with Crippen molar-refractivity contribution in [3.05, 3.63) is 35.6 Å². The molecule has 8 heteroatoms. The maximum atomic E-state index is 12.1. The van der Waals surface area contributed by atoms with Crippen LogP contribution in [-0.2, 0) is 19.1 Å². The zero-order valence-electron chi connectivity index (χ0n) is 24.2. The standard InChI is InChI=1S/C29H52N2O6/c1-8-24(16-17-28(35)37-29(4,5)6)21-25(22-36-20-12-13-23(2)3)30-26(33)14-9-10-18-31(7)27(34)15-11-19-32/h8,11,15,21,23,26,30,32-33H,9-10,12-14,16-20,22H2,1-7H3/b15-11-,24-8-,25-21+. The minimum absolute atomic E-state index is 0.155. The van der Waals surface area contributed by atoms with Gasteiger partial charge in [-0.3, -0.25) is 9.59 Å². The number of aliphatic hydroxyl groups excluding tert-OH is 2. The molecule has 0 aliphatic heterocycles. The molecule has 214 valence electrons. The summed E-state index contributed by atoms with van der Waals surface area (Å²) in [6.45, 7) is 13.2. The zero-order chi connectivity index (χ0) is 28.3. The molecule has 0 fully saturated rings. The van der Waals surface area contributed by atoms with Gasteiger partial charge in [-0.05, 0) is 83.8 Å². The summed E-state index contributed by atoms with van der Waals surface area (Å²) < 4.78 is 11.3. The maximum absolute atomic E-state index is 12.1. The number of hydrogen-bond acceptors (Lipinski definition) is 7. The third-order valence-electron chi connectivity index (χ3n) is 5.41. The third kappa shape index (κ3) is 20.6. The van der Waals surface area contributed by atoms with Gasteiger partial charge in [-0.15, -0.1) is 0 Å². The molecular formula is C29H52N2O6. The van der Waals surface area contributed by atoms with E-state index in [1.54, 1.807) is 11.9 Å². The Kier molecular flexibility index (Phi) is 18.7. The van der Waals surface area contributed by atoms with Crippen LogP contribution in [0, 0.1) is 5.92 Å². The molecule has 0 aromatic carbocycles. The molecule has 0 rings (SSSR count). The molecule has 8 nitrogen and oxygen atoms in total. The van der Waals surface area contributed by atoms with Gasteiger partial charge in [0.1, 0.15) is 11.8 Å². The van der Waals surface area contributed by atoms with Crippen molar-refractivity contribution in [1.29, 1.82) is 0 Å². The molecule has 1 unspecified atom stereocenters. The molecule has 1 atom stereocenters. The molecule has 0 heterocycles. The first-order valence-corrected chi connectivity index (χ1v) is 13.5. The monoisotopic (exact) mass is 524 g/mol. The maximum Gasteiger partial charge on any atom is 0.306 e. The topological polar surface area (TPSA) is 108 Å². The van der Waals surface area contributed by atoms with Crippen molar-refractivity contribution in [3.63, 3.8) is 0 Å². The lowest BCUT2D eigenvalue weighted by molar-refractivity contribution is -0.154. The summed E-state index contributed by atoms with van der Waals surface area (Å²) in [5.41, 5.74) is 1.21. The molecule has 3 N–H and O–H groups in total. The number of hydrogen-bond donors (Lipinski definition) is 3. The van der Waals surface area contributed by atoms with Crippen molar-refractivity contribution in [1.82, 2.24) is 10.2 Å². The van der Waals surface area contributed by atoms with Crippen LogP contribution in [-0.4, -0.2) is 72.2 Å². The Morgan fingerprint density at radius 2 is 1.78 bits per heavy atom. The van der Waals surface area contributed by atoms with Crippen LogP contribution in [0.5, 0.6) is 0 Å². The highest BCUT2D eigenvalue weighted by Gasteiger charge is 2.16. The minimum Gasteiger partial charge on any atom is -0.460 e. The smallest absolute Gasteiger partial charge is 0.306 e. The number of rotatable bonds is 19. The van der Waals surface area contributed by atoms with E-state index in [0.29, 0.717) is 38.5 Å². The van der Waals surface area contributed by atoms with Crippen LogP contribution in [0.4, 0.5) is 0 Å². The van der Waals surface area contributed by atoms with Gasteiger partial charge in [0.15, 0.2) is 0 Å². The van der Waals surface area contributed by atoms with Crippen LogP contribution >= 0.6 is 0 Å². The Hall–Kier alpha value is -2.16. The van der Waals surface area contributed by atoms with Crippen molar-refractivity contribution < 1.29 is 29.3 Å². The number of carbonyl (C=O) groups excluding carboxylic acids is 2. The number of likely N-dealkylation sites (N-methyl/N-ethyl adjacent to an activating group) is 1. The lowest BCUT2D eigenvalue weighted by Crippen LogP contribution is -2.31. The van der Waals surface area contributed by atoms with Crippen molar-refractivity contribution in [2.24, 2.45) is 5.92 Å². The Morgan fingerprint density at radius 3 is 2.38 bits per heavy atom. The highest BCUT2D eigenvalue weighted by atomic mass is 16.6. The number of aliphatic hydroxyl groups is 2. The Balaban J connectivity index is 4.92. The first-order chi connectivity index (χ1) is 17.4. The number of unbranched alkanes of at least 4 members (excludes halogenated alkanes) is 1. The lowest BCUT2D eigenvalue weighted by Gasteiger charge is -2.20. The summed E-state index contributed by atoms with van der Waals surface area (Å²) in [4.78, 5) is 25.6. The average molecular weight is 525 g/mol. The Bertz CT molecular complexity index is 737. The Labute approximate surface area is 224 Å². The normalized spacial score (nSPS) is 13.8. The summed E-state index contributed by atoms with van der Waals surface area (Å²) in [5, 5.41) is 22.5. The molecule has 0 bridgehead atoms. The molecule has 0 saturated heterocycles. The SMILES string of the molecule is C/C=C(\C=C(/COCCCC(C)C)NC(O)CCCCN(C)C(=O)/C=C\CO)CCC(=O)OC(C)(C)C. The van der Waals surface area contributed by atoms with Gasteiger partial charge in [0.05, 0.1) is 13.2 Å². The molecule has 0 aliphatic rings. The third-order valence-corrected chi connectivity index (χ3v) is 5.41. The van der Waals surface area contributed by atoms with Gasteiger partial charge in [0.2, 0.25) is 5.91 Å². The highest BCUT2D eigenvalue weighted by molar-refractivity contribution is 5.87. The van der Waals surface area contributed by atoms with E-state index in [2.05, 4.69) is 19.2 Å². The van der Waals surface area contributed by atoms with E-state index in [0.717, 1.165) is 37.0 Å². The molecule has 0 aromatic heterocycles. The predicted molar refractivity (Wildman–Crippen MR) is 149 cm³/mol. The van der Waals surface area contributed by atoms with Gasteiger partial charge in [-0.2, -0.15) is 0 Å². The first kappa shape index (κ1) is 34.8. The molecule has 1 amide bonds. The van der Waals surface area contributed by atoms with Gasteiger partial charge in [-0.25, -0.2) is 0 Å². The molecule has 0 spiro atoms. The fraction of sp³-hybridized carbons (Fsp3) is 0.724. The number of amides is 1. The van der Waals surface area contributed by atoms with Gasteiger partial charge in [0, 0.05) is 38.4 Å². The lowest BCUT2D eigenvalue weighted by atomic mass is 10.1. The molecule has 0 saturated carbocycles. The van der Waals surface area contributed by atoms with Gasteiger partial charge in [0.25, 0.3) is 0 Å². The fourth-order valence-electron chi connectivity index (χ4n) is 3.43. The first-order valence-electron chi connectivity index (χ1n) is 13.5. The zero-order valence-corrected chi connectivity index (χ0v) is 24.2. The quantitative estimate of drug-likeness (QED) is 0.0752. The van der Waals surface area contributed by atoms with Crippen molar-refractivity contribution in [2.75, 3.05) is 33.4 Å².